The van der Waals surface area contributed by atoms with Crippen molar-refractivity contribution in [3.63, 3.8) is 0 Å². The Bertz CT molecular complexity index is 547. The SMILES string of the molecule is COCCNCc1csc(N2CCSCC2S(C)(=O)=O)n1. The Labute approximate surface area is 134 Å². The van der Waals surface area contributed by atoms with Crippen molar-refractivity contribution in [3.8, 4) is 0 Å². The van der Waals surface area contributed by atoms with Crippen molar-refractivity contribution >= 4 is 38.1 Å². The van der Waals surface area contributed by atoms with Gasteiger partial charge < -0.3 is 15.0 Å². The van der Waals surface area contributed by atoms with E-state index in [9.17, 15) is 8.42 Å². The van der Waals surface area contributed by atoms with Crippen LogP contribution in [0.4, 0.5) is 5.13 Å². The molecule has 1 fully saturated rings. The summed E-state index contributed by atoms with van der Waals surface area (Å²) in [5.74, 6) is 1.55. The molecule has 0 amide bonds. The highest BCUT2D eigenvalue weighted by atomic mass is 32.2. The first-order chi connectivity index (χ1) is 10.0. The topological polar surface area (TPSA) is 71.5 Å². The zero-order chi connectivity index (χ0) is 15.3. The Morgan fingerprint density at radius 2 is 2.38 bits per heavy atom. The summed E-state index contributed by atoms with van der Waals surface area (Å²) in [6, 6.07) is 0. The molecule has 0 saturated carbocycles. The second-order valence-corrected chi connectivity index (χ2v) is 9.03. The summed E-state index contributed by atoms with van der Waals surface area (Å²) < 4.78 is 28.8. The highest BCUT2D eigenvalue weighted by Gasteiger charge is 2.32. The van der Waals surface area contributed by atoms with Crippen molar-refractivity contribution in [3.05, 3.63) is 11.1 Å². The fourth-order valence-electron chi connectivity index (χ4n) is 2.05. The number of rotatable bonds is 7. The molecular formula is C12H21N3O3S3. The molecule has 21 heavy (non-hydrogen) atoms. The van der Waals surface area contributed by atoms with E-state index in [2.05, 4.69) is 10.3 Å². The summed E-state index contributed by atoms with van der Waals surface area (Å²) in [6.45, 7) is 2.84. The Kier molecular flexibility index (Phi) is 6.30. The molecule has 1 aliphatic heterocycles. The fourth-order valence-corrected chi connectivity index (χ4v) is 5.84. The highest BCUT2D eigenvalue weighted by Crippen LogP contribution is 2.29. The number of methoxy groups -OCH3 is 1. The van der Waals surface area contributed by atoms with Crippen LogP contribution in [-0.4, -0.2) is 63.3 Å². The quantitative estimate of drug-likeness (QED) is 0.729. The van der Waals surface area contributed by atoms with E-state index in [0.717, 1.165) is 29.7 Å². The molecule has 9 heteroatoms. The molecule has 2 heterocycles. The lowest BCUT2D eigenvalue weighted by atomic mass is 10.5. The summed E-state index contributed by atoms with van der Waals surface area (Å²) in [6.07, 6.45) is 1.30. The third kappa shape index (κ3) is 4.82. The molecule has 1 saturated heterocycles. The largest absolute Gasteiger partial charge is 0.383 e. The van der Waals surface area contributed by atoms with E-state index in [0.29, 0.717) is 18.9 Å². The van der Waals surface area contributed by atoms with Crippen molar-refractivity contribution in [2.24, 2.45) is 0 Å². The predicted octanol–water partition coefficient (Wildman–Crippen LogP) is 0.803. The minimum absolute atomic E-state index is 0.461. The molecule has 0 aromatic carbocycles. The molecule has 6 nitrogen and oxygen atoms in total. The maximum Gasteiger partial charge on any atom is 0.186 e. The van der Waals surface area contributed by atoms with Gasteiger partial charge in [-0.25, -0.2) is 13.4 Å². The lowest BCUT2D eigenvalue weighted by Crippen LogP contribution is -2.47. The van der Waals surface area contributed by atoms with Gasteiger partial charge >= 0.3 is 0 Å². The van der Waals surface area contributed by atoms with Crippen LogP contribution in [0.3, 0.4) is 0 Å². The second kappa shape index (κ2) is 7.77. The lowest BCUT2D eigenvalue weighted by molar-refractivity contribution is 0.199. The minimum Gasteiger partial charge on any atom is -0.383 e. The van der Waals surface area contributed by atoms with Crippen molar-refractivity contribution in [2.75, 3.05) is 49.5 Å². The molecule has 120 valence electrons. The van der Waals surface area contributed by atoms with Gasteiger partial charge in [0.15, 0.2) is 15.0 Å². The average molecular weight is 352 g/mol. The summed E-state index contributed by atoms with van der Waals surface area (Å²) in [5.41, 5.74) is 0.941. The van der Waals surface area contributed by atoms with Crippen LogP contribution in [0.2, 0.25) is 0 Å². The van der Waals surface area contributed by atoms with E-state index in [-0.39, 0.29) is 0 Å². The van der Waals surface area contributed by atoms with Gasteiger partial charge in [0, 0.05) is 49.9 Å². The van der Waals surface area contributed by atoms with Crippen LogP contribution in [0, 0.1) is 0 Å². The fraction of sp³-hybridized carbons (Fsp3) is 0.750. The van der Waals surface area contributed by atoms with Crippen LogP contribution in [0.15, 0.2) is 5.38 Å². The molecule has 1 atom stereocenters. The third-order valence-electron chi connectivity index (χ3n) is 3.15. The van der Waals surface area contributed by atoms with E-state index in [4.69, 9.17) is 4.74 Å². The number of nitrogens with zero attached hydrogens (tertiary/aromatic N) is 2. The minimum atomic E-state index is -3.10. The molecule has 1 unspecified atom stereocenters. The number of thiazole rings is 1. The van der Waals surface area contributed by atoms with Crippen molar-refractivity contribution < 1.29 is 13.2 Å². The van der Waals surface area contributed by atoms with E-state index in [1.165, 1.54) is 17.6 Å². The molecule has 1 aromatic heterocycles. The zero-order valence-electron chi connectivity index (χ0n) is 12.2. The summed E-state index contributed by atoms with van der Waals surface area (Å²) >= 11 is 3.19. The number of sulfone groups is 1. The highest BCUT2D eigenvalue weighted by molar-refractivity contribution is 8.01. The maximum atomic E-state index is 11.9. The third-order valence-corrected chi connectivity index (χ3v) is 6.72. The average Bonchev–Trinajstić information content (AvgIpc) is 2.91. The Morgan fingerprint density at radius 1 is 1.57 bits per heavy atom. The van der Waals surface area contributed by atoms with Crippen LogP contribution >= 0.6 is 23.1 Å². The molecule has 0 radical (unpaired) electrons. The molecule has 0 aliphatic carbocycles. The second-order valence-electron chi connectivity index (χ2n) is 4.84. The van der Waals surface area contributed by atoms with Gasteiger partial charge in [-0.2, -0.15) is 11.8 Å². The Morgan fingerprint density at radius 3 is 3.10 bits per heavy atom. The number of anilines is 1. The molecule has 0 bridgehead atoms. The summed E-state index contributed by atoms with van der Waals surface area (Å²) in [4.78, 5) is 6.49. The van der Waals surface area contributed by atoms with E-state index in [1.807, 2.05) is 10.3 Å². The van der Waals surface area contributed by atoms with Gasteiger partial charge in [0.2, 0.25) is 0 Å². The number of nitrogens with one attached hydrogen (secondary N) is 1. The number of hydrogen-bond acceptors (Lipinski definition) is 8. The maximum absolute atomic E-state index is 11.9. The smallest absolute Gasteiger partial charge is 0.186 e. The zero-order valence-corrected chi connectivity index (χ0v) is 14.7. The van der Waals surface area contributed by atoms with Gasteiger partial charge in [-0.15, -0.1) is 11.3 Å². The standard InChI is InChI=1S/C12H21N3O3S3/c1-18-5-3-13-7-10-8-20-12(14-10)15-4-6-19-9-11(15)21(2,16)17/h8,11,13H,3-7,9H2,1-2H3. The molecule has 0 spiro atoms. The normalized spacial score (nSPS) is 19.9. The molecule has 2 rings (SSSR count). The number of ether oxygens (including phenoxy) is 1. The van der Waals surface area contributed by atoms with Gasteiger partial charge in [-0.1, -0.05) is 0 Å². The van der Waals surface area contributed by atoms with Gasteiger partial charge in [-0.05, 0) is 0 Å². The monoisotopic (exact) mass is 351 g/mol. The Hall–Kier alpha value is -0.350. The summed E-state index contributed by atoms with van der Waals surface area (Å²) in [7, 11) is -1.43. The predicted molar refractivity (Wildman–Crippen MR) is 89.0 cm³/mol. The van der Waals surface area contributed by atoms with Gasteiger partial charge in [0.05, 0.1) is 12.3 Å². The number of aromatic nitrogens is 1. The van der Waals surface area contributed by atoms with Gasteiger partial charge in [0.25, 0.3) is 0 Å². The van der Waals surface area contributed by atoms with Crippen LogP contribution in [0.5, 0.6) is 0 Å². The van der Waals surface area contributed by atoms with Crippen molar-refractivity contribution in [2.45, 2.75) is 11.9 Å². The number of thioether (sulfide) groups is 1. The summed E-state index contributed by atoms with van der Waals surface area (Å²) in [5, 5.41) is 5.56. The van der Waals surface area contributed by atoms with Crippen LogP contribution in [-0.2, 0) is 21.1 Å². The van der Waals surface area contributed by atoms with Gasteiger partial charge in [-0.3, -0.25) is 0 Å². The molecular weight excluding hydrogens is 330 g/mol. The van der Waals surface area contributed by atoms with E-state index >= 15 is 0 Å². The lowest BCUT2D eigenvalue weighted by Gasteiger charge is -2.33. The first kappa shape index (κ1) is 17.0. The first-order valence-electron chi connectivity index (χ1n) is 6.69. The number of hydrogen-bond donors (Lipinski definition) is 1. The molecule has 1 aliphatic rings. The van der Waals surface area contributed by atoms with Gasteiger partial charge in [0.1, 0.15) is 5.37 Å². The first-order valence-corrected chi connectivity index (χ1v) is 10.7. The van der Waals surface area contributed by atoms with E-state index in [1.54, 1.807) is 18.9 Å². The van der Waals surface area contributed by atoms with Crippen LogP contribution in [0.25, 0.3) is 0 Å². The van der Waals surface area contributed by atoms with Crippen LogP contribution < -0.4 is 10.2 Å². The van der Waals surface area contributed by atoms with Crippen molar-refractivity contribution in [1.29, 1.82) is 0 Å². The molecule has 1 N–H and O–H groups in total. The van der Waals surface area contributed by atoms with Crippen LogP contribution in [0.1, 0.15) is 5.69 Å². The Balaban J connectivity index is 2.01. The van der Waals surface area contributed by atoms with Crippen molar-refractivity contribution in [1.82, 2.24) is 10.3 Å². The van der Waals surface area contributed by atoms with E-state index < -0.39 is 15.2 Å². The molecule has 1 aromatic rings.